The second kappa shape index (κ2) is 6.09. The first kappa shape index (κ1) is 13.9. The monoisotopic (exact) mass is 344 g/mol. The fourth-order valence-electron chi connectivity index (χ4n) is 1.62. The van der Waals surface area contributed by atoms with Gasteiger partial charge < -0.3 is 4.74 Å². The van der Waals surface area contributed by atoms with Crippen molar-refractivity contribution in [3.8, 4) is 5.75 Å². The van der Waals surface area contributed by atoms with E-state index in [9.17, 15) is 0 Å². The van der Waals surface area contributed by atoms with Crippen LogP contribution in [-0.4, -0.2) is 6.10 Å². The van der Waals surface area contributed by atoms with Crippen LogP contribution in [0, 0.1) is 0 Å². The molecule has 0 aliphatic carbocycles. The Morgan fingerprint density at radius 1 is 1.11 bits per heavy atom. The third kappa shape index (κ3) is 3.50. The minimum absolute atomic E-state index is 0.102. The van der Waals surface area contributed by atoms with Crippen molar-refractivity contribution in [1.82, 2.24) is 0 Å². The molecule has 1 nitrogen and oxygen atoms in total. The molecule has 0 spiro atoms. The van der Waals surface area contributed by atoms with E-state index in [-0.39, 0.29) is 11.5 Å². The second-order valence-corrected chi connectivity index (χ2v) is 7.17. The fraction of sp³-hybridized carbons (Fsp3) is 0.286. The lowest BCUT2D eigenvalue weighted by molar-refractivity contribution is 0.242. The van der Waals surface area contributed by atoms with Crippen molar-refractivity contribution in [3.05, 3.63) is 50.6 Å². The van der Waals surface area contributed by atoms with Gasteiger partial charge in [0.1, 0.15) is 5.75 Å². The molecule has 0 aliphatic heterocycles. The highest BCUT2D eigenvalue weighted by atomic mass is 79.9. The topological polar surface area (TPSA) is 9.23 Å². The van der Waals surface area contributed by atoms with Crippen molar-refractivity contribution < 1.29 is 4.74 Å². The maximum atomic E-state index is 6.45. The first-order chi connectivity index (χ1) is 8.56. The van der Waals surface area contributed by atoms with Crippen molar-refractivity contribution in [2.75, 3.05) is 0 Å². The highest BCUT2D eigenvalue weighted by Gasteiger charge is 2.13. The molecule has 1 aromatic carbocycles. The van der Waals surface area contributed by atoms with E-state index in [1.807, 2.05) is 50.2 Å². The van der Waals surface area contributed by atoms with E-state index in [0.29, 0.717) is 0 Å². The summed E-state index contributed by atoms with van der Waals surface area (Å²) >= 11 is 11.6. The SMILES string of the molecule is CC(C)Oc1ccc(C(Cl)c2ccc(Br)s2)cc1. The van der Waals surface area contributed by atoms with E-state index in [2.05, 4.69) is 15.9 Å². The molecule has 2 rings (SSSR count). The summed E-state index contributed by atoms with van der Waals surface area (Å²) in [7, 11) is 0. The molecule has 0 bridgehead atoms. The van der Waals surface area contributed by atoms with E-state index in [1.54, 1.807) is 11.3 Å². The summed E-state index contributed by atoms with van der Waals surface area (Å²) in [5.41, 5.74) is 1.09. The average Bonchev–Trinajstić information content (AvgIpc) is 2.75. The van der Waals surface area contributed by atoms with Gasteiger partial charge in [-0.1, -0.05) is 12.1 Å². The summed E-state index contributed by atoms with van der Waals surface area (Å²) in [6.07, 6.45) is 0.191. The normalized spacial score (nSPS) is 12.7. The Kier molecular flexibility index (Phi) is 4.71. The summed E-state index contributed by atoms with van der Waals surface area (Å²) in [6.45, 7) is 4.03. The summed E-state index contributed by atoms with van der Waals surface area (Å²) in [6, 6.07) is 12.0. The Morgan fingerprint density at radius 3 is 2.28 bits per heavy atom. The van der Waals surface area contributed by atoms with Gasteiger partial charge in [-0.25, -0.2) is 0 Å². The molecule has 0 saturated heterocycles. The summed E-state index contributed by atoms with van der Waals surface area (Å²) in [4.78, 5) is 1.14. The van der Waals surface area contributed by atoms with E-state index in [0.717, 1.165) is 20.0 Å². The molecule has 96 valence electrons. The molecule has 4 heteroatoms. The zero-order chi connectivity index (χ0) is 13.1. The first-order valence-electron chi connectivity index (χ1n) is 5.72. The molecule has 0 fully saturated rings. The molecule has 1 aromatic heterocycles. The molecule has 0 N–H and O–H groups in total. The van der Waals surface area contributed by atoms with Crippen molar-refractivity contribution in [3.63, 3.8) is 0 Å². The number of rotatable bonds is 4. The maximum absolute atomic E-state index is 6.45. The van der Waals surface area contributed by atoms with Gasteiger partial charge in [-0.15, -0.1) is 22.9 Å². The van der Waals surface area contributed by atoms with Gasteiger partial charge in [0.2, 0.25) is 0 Å². The fourth-order valence-corrected chi connectivity index (χ4v) is 3.40. The molecule has 0 amide bonds. The van der Waals surface area contributed by atoms with Crippen LogP contribution in [0.25, 0.3) is 0 Å². The van der Waals surface area contributed by atoms with Gasteiger partial charge in [-0.2, -0.15) is 0 Å². The van der Waals surface area contributed by atoms with Gasteiger partial charge in [-0.3, -0.25) is 0 Å². The lowest BCUT2D eigenvalue weighted by Crippen LogP contribution is -2.05. The van der Waals surface area contributed by atoms with Gasteiger partial charge in [-0.05, 0) is 59.6 Å². The number of hydrogen-bond donors (Lipinski definition) is 0. The second-order valence-electron chi connectivity index (χ2n) is 4.24. The van der Waals surface area contributed by atoms with Gasteiger partial charge >= 0.3 is 0 Å². The van der Waals surface area contributed by atoms with Crippen LogP contribution in [0.2, 0.25) is 0 Å². The number of hydrogen-bond acceptors (Lipinski definition) is 2. The maximum Gasteiger partial charge on any atom is 0.119 e. The highest BCUT2D eigenvalue weighted by molar-refractivity contribution is 9.11. The van der Waals surface area contributed by atoms with Crippen molar-refractivity contribution in [1.29, 1.82) is 0 Å². The van der Waals surface area contributed by atoms with Crippen LogP contribution in [0.1, 0.15) is 29.7 Å². The first-order valence-corrected chi connectivity index (χ1v) is 7.77. The predicted octanol–water partition coefficient (Wildman–Crippen LogP) is 5.63. The lowest BCUT2D eigenvalue weighted by atomic mass is 10.1. The van der Waals surface area contributed by atoms with Gasteiger partial charge in [0.05, 0.1) is 15.3 Å². The quantitative estimate of drug-likeness (QED) is 0.653. The van der Waals surface area contributed by atoms with Crippen LogP contribution in [0.15, 0.2) is 40.2 Å². The zero-order valence-corrected chi connectivity index (χ0v) is 13.3. The minimum Gasteiger partial charge on any atom is -0.491 e. The van der Waals surface area contributed by atoms with E-state index >= 15 is 0 Å². The third-order valence-corrected chi connectivity index (χ3v) is 4.69. The summed E-state index contributed by atoms with van der Waals surface area (Å²) < 4.78 is 6.71. The van der Waals surface area contributed by atoms with Crippen LogP contribution < -0.4 is 4.74 Å². The summed E-state index contributed by atoms with van der Waals surface area (Å²) in [5.74, 6) is 0.880. The highest BCUT2D eigenvalue weighted by Crippen LogP contribution is 2.36. The number of ether oxygens (including phenoxy) is 1. The predicted molar refractivity (Wildman–Crippen MR) is 81.9 cm³/mol. The lowest BCUT2D eigenvalue weighted by Gasteiger charge is -2.12. The van der Waals surface area contributed by atoms with Crippen LogP contribution in [0.5, 0.6) is 5.75 Å². The smallest absolute Gasteiger partial charge is 0.119 e. The van der Waals surface area contributed by atoms with E-state index < -0.39 is 0 Å². The Labute approximate surface area is 125 Å². The van der Waals surface area contributed by atoms with Gasteiger partial charge in [0.15, 0.2) is 0 Å². The molecule has 1 heterocycles. The standard InChI is InChI=1S/C14H14BrClOS/c1-9(2)17-11-5-3-10(4-6-11)14(16)12-7-8-13(15)18-12/h3-9,14H,1-2H3. The van der Waals surface area contributed by atoms with Crippen LogP contribution in [0.3, 0.4) is 0 Å². The Balaban J connectivity index is 2.14. The van der Waals surface area contributed by atoms with Crippen LogP contribution in [-0.2, 0) is 0 Å². The molecule has 0 saturated carbocycles. The molecular formula is C14H14BrClOS. The molecular weight excluding hydrogens is 332 g/mol. The Bertz CT molecular complexity index is 507. The number of thiophene rings is 1. The molecule has 0 aliphatic rings. The van der Waals surface area contributed by atoms with Crippen LogP contribution in [0.4, 0.5) is 0 Å². The van der Waals surface area contributed by atoms with Crippen molar-refractivity contribution in [2.24, 2.45) is 0 Å². The largest absolute Gasteiger partial charge is 0.491 e. The van der Waals surface area contributed by atoms with E-state index in [4.69, 9.17) is 16.3 Å². The number of alkyl halides is 1. The van der Waals surface area contributed by atoms with Crippen molar-refractivity contribution >= 4 is 38.9 Å². The van der Waals surface area contributed by atoms with Gasteiger partial charge in [0, 0.05) is 4.88 Å². The number of benzene rings is 1. The molecule has 1 unspecified atom stereocenters. The average molecular weight is 346 g/mol. The number of halogens is 2. The summed E-state index contributed by atoms with van der Waals surface area (Å²) in [5, 5.41) is -0.102. The molecule has 18 heavy (non-hydrogen) atoms. The molecule has 2 aromatic rings. The van der Waals surface area contributed by atoms with Gasteiger partial charge in [0.25, 0.3) is 0 Å². The van der Waals surface area contributed by atoms with Crippen LogP contribution >= 0.6 is 38.9 Å². The van der Waals surface area contributed by atoms with Crippen molar-refractivity contribution in [2.45, 2.75) is 25.3 Å². The minimum atomic E-state index is -0.102. The zero-order valence-electron chi connectivity index (χ0n) is 10.2. The van der Waals surface area contributed by atoms with E-state index in [1.165, 1.54) is 0 Å². The Hall–Kier alpha value is -0.510. The molecule has 0 radical (unpaired) electrons. The molecule has 1 atom stereocenters. The third-order valence-electron chi connectivity index (χ3n) is 2.39. The Morgan fingerprint density at radius 2 is 1.78 bits per heavy atom.